The van der Waals surface area contributed by atoms with E-state index in [1.165, 1.54) is 0 Å². The van der Waals surface area contributed by atoms with Crippen molar-refractivity contribution in [1.29, 1.82) is 0 Å². The number of hydrogen-bond acceptors (Lipinski definition) is 12. The summed E-state index contributed by atoms with van der Waals surface area (Å²) < 4.78 is 42.2. The first-order valence-electron chi connectivity index (χ1n) is 17.3. The van der Waals surface area contributed by atoms with Gasteiger partial charge in [-0.15, -0.1) is 0 Å². The largest absolute Gasteiger partial charge is 0.513 e. The van der Waals surface area contributed by atoms with E-state index in [0.717, 1.165) is 50.7 Å². The molecule has 0 bridgehead atoms. The molecule has 1 atom stereocenters. The van der Waals surface area contributed by atoms with E-state index in [9.17, 15) is 19.2 Å². The molecule has 56 heavy (non-hydrogen) atoms. The van der Waals surface area contributed by atoms with Crippen LogP contribution in [0.25, 0.3) is 21.9 Å². The third-order valence-corrected chi connectivity index (χ3v) is 8.84. The van der Waals surface area contributed by atoms with E-state index in [4.69, 9.17) is 37.9 Å². The lowest BCUT2D eigenvalue weighted by Gasteiger charge is -2.34. The predicted octanol–water partition coefficient (Wildman–Crippen LogP) is 8.32. The Bertz CT molecular complexity index is 2230. The number of fused-ring (bicyclic) bond motifs is 4. The summed E-state index contributed by atoms with van der Waals surface area (Å²) in [6.07, 6.45) is 4.97. The Morgan fingerprint density at radius 2 is 1.20 bits per heavy atom. The second-order valence-electron chi connectivity index (χ2n) is 12.0. The molecule has 4 aromatic rings. The van der Waals surface area contributed by atoms with Crippen LogP contribution in [0.1, 0.15) is 23.6 Å². The van der Waals surface area contributed by atoms with Crippen LogP contribution >= 0.6 is 0 Å². The van der Waals surface area contributed by atoms with Crippen molar-refractivity contribution in [2.75, 3.05) is 40.6 Å². The van der Waals surface area contributed by atoms with Crippen LogP contribution in [0.3, 0.4) is 0 Å². The maximum absolute atomic E-state index is 12.5. The van der Waals surface area contributed by atoms with Crippen molar-refractivity contribution in [1.82, 2.24) is 0 Å². The first-order chi connectivity index (χ1) is 27.1. The Kier molecular flexibility index (Phi) is 13.1. The third-order valence-electron chi connectivity index (χ3n) is 8.84. The van der Waals surface area contributed by atoms with Gasteiger partial charge in [0, 0.05) is 12.2 Å². The minimum Gasteiger partial charge on any atom is -0.493 e. The molecule has 0 amide bonds. The first kappa shape index (κ1) is 40.1. The number of methoxy groups -OCH3 is 2. The van der Waals surface area contributed by atoms with Gasteiger partial charge in [0.1, 0.15) is 37.9 Å². The molecule has 1 unspecified atom stereocenters. The van der Waals surface area contributed by atoms with E-state index in [2.05, 4.69) is 31.9 Å². The van der Waals surface area contributed by atoms with Gasteiger partial charge in [-0.05, 0) is 99.6 Å². The van der Waals surface area contributed by atoms with Crippen LogP contribution in [0.4, 0.5) is 9.59 Å². The summed E-state index contributed by atoms with van der Waals surface area (Å²) in [6, 6.07) is 23.0. The number of ether oxygens (including phenoxy) is 8. The molecule has 0 fully saturated rings. The lowest BCUT2D eigenvalue weighted by atomic mass is 9.67. The Hall–Kier alpha value is -7.08. The number of benzene rings is 4. The molecule has 0 aliphatic heterocycles. The summed E-state index contributed by atoms with van der Waals surface area (Å²) in [6.45, 7) is 12.2. The van der Waals surface area contributed by atoms with Crippen molar-refractivity contribution in [2.45, 2.75) is 12.3 Å². The zero-order chi connectivity index (χ0) is 40.2. The normalized spacial score (nSPS) is 14.2. The maximum Gasteiger partial charge on any atom is 0.513 e. The fourth-order valence-electron chi connectivity index (χ4n) is 6.35. The molecule has 4 aromatic carbocycles. The summed E-state index contributed by atoms with van der Waals surface area (Å²) >= 11 is 0. The molecular formula is C44H40O12. The number of allylic oxidation sites excluding steroid dienone is 4. The molecule has 0 saturated heterocycles. The van der Waals surface area contributed by atoms with Gasteiger partial charge in [-0.2, -0.15) is 0 Å². The van der Waals surface area contributed by atoms with Crippen molar-refractivity contribution >= 4 is 35.0 Å². The Morgan fingerprint density at radius 1 is 0.661 bits per heavy atom. The Labute approximate surface area is 323 Å². The average Bonchev–Trinajstić information content (AvgIpc) is 3.49. The lowest BCUT2D eigenvalue weighted by molar-refractivity contribution is -0.139. The molecule has 0 N–H and O–H groups in total. The maximum atomic E-state index is 12.5. The predicted molar refractivity (Wildman–Crippen MR) is 208 cm³/mol. The van der Waals surface area contributed by atoms with Gasteiger partial charge in [0.15, 0.2) is 11.5 Å². The number of carbonyl (C=O) groups excluding carboxylic acids is 4. The highest BCUT2D eigenvalue weighted by atomic mass is 16.7. The quantitative estimate of drug-likeness (QED) is 0.0206. The fourth-order valence-corrected chi connectivity index (χ4v) is 6.35. The van der Waals surface area contributed by atoms with Crippen LogP contribution in [-0.4, -0.2) is 64.9 Å². The highest BCUT2D eigenvalue weighted by Crippen LogP contribution is 2.59. The molecular weight excluding hydrogens is 720 g/mol. The monoisotopic (exact) mass is 760 g/mol. The smallest absolute Gasteiger partial charge is 0.493 e. The van der Waals surface area contributed by atoms with E-state index in [1.807, 2.05) is 48.5 Å². The molecule has 0 spiro atoms. The Balaban J connectivity index is 1.56. The summed E-state index contributed by atoms with van der Waals surface area (Å²) in [4.78, 5) is 47.5. The molecule has 12 nitrogen and oxygen atoms in total. The van der Waals surface area contributed by atoms with Crippen molar-refractivity contribution in [3.63, 3.8) is 0 Å². The second-order valence-corrected chi connectivity index (χ2v) is 12.0. The van der Waals surface area contributed by atoms with Crippen LogP contribution in [0.2, 0.25) is 0 Å². The van der Waals surface area contributed by atoms with Crippen molar-refractivity contribution in [3.8, 4) is 28.4 Å². The molecule has 1 aliphatic rings. The molecule has 12 heteroatoms. The summed E-state index contributed by atoms with van der Waals surface area (Å²) in [5.41, 5.74) is 3.79. The van der Waals surface area contributed by atoms with Gasteiger partial charge in [0.2, 0.25) is 0 Å². The van der Waals surface area contributed by atoms with E-state index >= 15 is 0 Å². The molecule has 0 radical (unpaired) electrons. The standard InChI is InChI=1S/C44H40O12/c1-7-32(55-42(47)53-22-20-51-40(45)8-2)17-14-28(4)44(31-15-18-33(19-16-31)56-43(48)54-23-21-52-41(46)9-3)36-25-30-13-11-10-12-29(30)24-34(36)35-26-38(49-5)39(50-6)27-37(35)44/h7-19,24-27H,2-4,20-23H2,1,5-6H3/b17-14-,32-7+. The molecule has 288 valence electrons. The van der Waals surface area contributed by atoms with Crippen LogP contribution in [0.15, 0.2) is 134 Å². The number of rotatable bonds is 16. The van der Waals surface area contributed by atoms with Gasteiger partial charge in [0.05, 0.1) is 19.6 Å². The first-order valence-corrected chi connectivity index (χ1v) is 17.3. The molecule has 5 rings (SSSR count). The SMILES string of the molecule is C=CC(=O)OCCOC(=O)OC(/C=C\C(=C)C1(c2ccc(OC(=O)OCCOC(=O)C=C)cc2)c2cc(OC)c(OC)cc2-c2cc3ccccc3cc21)=C/C. The van der Waals surface area contributed by atoms with Crippen LogP contribution in [-0.2, 0) is 38.7 Å². The van der Waals surface area contributed by atoms with E-state index in [1.54, 1.807) is 51.5 Å². The van der Waals surface area contributed by atoms with Gasteiger partial charge in [-0.3, -0.25) is 0 Å². The minimum atomic E-state index is -1.08. The average molecular weight is 761 g/mol. The molecule has 0 saturated carbocycles. The van der Waals surface area contributed by atoms with Gasteiger partial charge >= 0.3 is 24.2 Å². The summed E-state index contributed by atoms with van der Waals surface area (Å²) in [5.74, 6) is 0.108. The minimum absolute atomic E-state index is 0.160. The van der Waals surface area contributed by atoms with Crippen molar-refractivity contribution < 1.29 is 57.1 Å². The fraction of sp³-hybridized carbons (Fsp3) is 0.182. The number of carbonyl (C=O) groups is 4. The zero-order valence-corrected chi connectivity index (χ0v) is 31.2. The zero-order valence-electron chi connectivity index (χ0n) is 31.2. The second kappa shape index (κ2) is 18.3. The lowest BCUT2D eigenvalue weighted by Crippen LogP contribution is -2.28. The Morgan fingerprint density at radius 3 is 1.79 bits per heavy atom. The number of esters is 2. The van der Waals surface area contributed by atoms with Gasteiger partial charge < -0.3 is 37.9 Å². The van der Waals surface area contributed by atoms with E-state index in [-0.39, 0.29) is 37.9 Å². The van der Waals surface area contributed by atoms with E-state index in [0.29, 0.717) is 17.1 Å². The highest BCUT2D eigenvalue weighted by molar-refractivity contribution is 5.96. The van der Waals surface area contributed by atoms with Crippen molar-refractivity contribution in [3.05, 3.63) is 151 Å². The van der Waals surface area contributed by atoms with Gasteiger partial charge in [-0.25, -0.2) is 19.2 Å². The van der Waals surface area contributed by atoms with Crippen LogP contribution in [0, 0.1) is 0 Å². The topological polar surface area (TPSA) is 142 Å². The van der Waals surface area contributed by atoms with Gasteiger partial charge in [0.25, 0.3) is 0 Å². The van der Waals surface area contributed by atoms with Crippen molar-refractivity contribution in [2.24, 2.45) is 0 Å². The summed E-state index contributed by atoms with van der Waals surface area (Å²) in [7, 11) is 3.13. The van der Waals surface area contributed by atoms with Crippen LogP contribution in [0.5, 0.6) is 17.2 Å². The summed E-state index contributed by atoms with van der Waals surface area (Å²) in [5, 5.41) is 2.01. The molecule has 0 aromatic heterocycles. The molecule has 1 aliphatic carbocycles. The van der Waals surface area contributed by atoms with E-state index < -0.39 is 29.7 Å². The highest BCUT2D eigenvalue weighted by Gasteiger charge is 2.47. The number of hydrogen-bond donors (Lipinski definition) is 0. The molecule has 0 heterocycles. The van der Waals surface area contributed by atoms with Crippen LogP contribution < -0.4 is 14.2 Å². The van der Waals surface area contributed by atoms with Gasteiger partial charge in [-0.1, -0.05) is 62.2 Å². The third kappa shape index (κ3) is 8.65.